The van der Waals surface area contributed by atoms with Crippen LogP contribution >= 0.6 is 23.2 Å². The average Bonchev–Trinajstić information content (AvgIpc) is 3.22. The second-order valence-electron chi connectivity index (χ2n) is 8.63. The number of esters is 1. The number of fused-ring (bicyclic) bond motifs is 1. The molecule has 0 radical (unpaired) electrons. The molecular formula is C26H22Cl2N8O3. The Bertz CT molecular complexity index is 1660. The Hall–Kier alpha value is -4.53. The summed E-state index contributed by atoms with van der Waals surface area (Å²) in [6, 6.07) is 11.1. The number of nitrogens with zero attached hydrogens (tertiary/aromatic N) is 7. The maximum absolute atomic E-state index is 13.2. The zero-order valence-electron chi connectivity index (χ0n) is 21.3. The zero-order chi connectivity index (χ0) is 28.3. The van der Waals surface area contributed by atoms with Gasteiger partial charge < -0.3 is 15.0 Å². The van der Waals surface area contributed by atoms with Crippen molar-refractivity contribution in [3.8, 4) is 11.8 Å². The van der Waals surface area contributed by atoms with E-state index in [-0.39, 0.29) is 21.2 Å². The van der Waals surface area contributed by atoms with Crippen molar-refractivity contribution in [1.29, 1.82) is 5.26 Å². The van der Waals surface area contributed by atoms with Crippen LogP contribution in [-0.2, 0) is 14.3 Å². The zero-order valence-corrected chi connectivity index (χ0v) is 22.8. The Morgan fingerprint density at radius 3 is 2.64 bits per heavy atom. The van der Waals surface area contributed by atoms with Crippen LogP contribution in [0.1, 0.15) is 29.8 Å². The number of benzene rings is 2. The number of aryl methyl sites for hydroxylation is 1. The number of hydrogen-bond donors (Lipinski definition) is 1. The van der Waals surface area contributed by atoms with Crippen LogP contribution in [0.2, 0.25) is 10.0 Å². The van der Waals surface area contributed by atoms with Crippen LogP contribution in [0.4, 0.5) is 11.5 Å². The monoisotopic (exact) mass is 564 g/mol. The molecule has 1 amide bonds. The minimum Gasteiger partial charge on any atom is -0.447 e. The number of aromatic nitrogens is 4. The van der Waals surface area contributed by atoms with Crippen LogP contribution in [0, 0.1) is 18.3 Å². The first-order valence-electron chi connectivity index (χ1n) is 11.5. The number of anilines is 1. The fraction of sp³-hybridized carbons (Fsp3) is 0.192. The first-order chi connectivity index (χ1) is 18.6. The summed E-state index contributed by atoms with van der Waals surface area (Å²) in [6.45, 7) is 3.00. The fourth-order valence-electron chi connectivity index (χ4n) is 3.75. The van der Waals surface area contributed by atoms with E-state index in [1.54, 1.807) is 28.1 Å². The van der Waals surface area contributed by atoms with E-state index in [2.05, 4.69) is 25.4 Å². The number of hydrogen-bond acceptors (Lipinski definition) is 8. The van der Waals surface area contributed by atoms with E-state index in [0.29, 0.717) is 33.9 Å². The van der Waals surface area contributed by atoms with Gasteiger partial charge in [-0.2, -0.15) is 10.4 Å². The van der Waals surface area contributed by atoms with Crippen molar-refractivity contribution in [2.75, 3.05) is 19.4 Å². The summed E-state index contributed by atoms with van der Waals surface area (Å²) in [7, 11) is 3.68. The Balaban J connectivity index is 1.68. The van der Waals surface area contributed by atoms with Crippen molar-refractivity contribution in [1.82, 2.24) is 24.6 Å². The van der Waals surface area contributed by atoms with Crippen molar-refractivity contribution >= 4 is 64.0 Å². The maximum Gasteiger partial charge on any atom is 0.303 e. The predicted molar refractivity (Wildman–Crippen MR) is 148 cm³/mol. The molecule has 0 aliphatic rings. The molecule has 0 bridgehead atoms. The highest BCUT2D eigenvalue weighted by Gasteiger charge is 2.26. The lowest BCUT2D eigenvalue weighted by atomic mass is 10.1. The topological polar surface area (TPSA) is 138 Å². The van der Waals surface area contributed by atoms with Gasteiger partial charge in [0.2, 0.25) is 6.10 Å². The molecule has 1 atom stereocenters. The molecule has 1 N–H and O–H groups in total. The molecule has 0 aliphatic heterocycles. The van der Waals surface area contributed by atoms with Crippen molar-refractivity contribution < 1.29 is 14.3 Å². The van der Waals surface area contributed by atoms with Crippen LogP contribution in [0.5, 0.6) is 0 Å². The van der Waals surface area contributed by atoms with E-state index in [1.807, 2.05) is 27.1 Å². The van der Waals surface area contributed by atoms with Gasteiger partial charge in [-0.15, -0.1) is 0 Å². The number of nitriles is 1. The summed E-state index contributed by atoms with van der Waals surface area (Å²) in [4.78, 5) is 39.7. The molecule has 39 heavy (non-hydrogen) atoms. The van der Waals surface area contributed by atoms with Gasteiger partial charge in [0, 0.05) is 37.3 Å². The molecule has 2 aromatic carbocycles. The van der Waals surface area contributed by atoms with E-state index >= 15 is 0 Å². The van der Waals surface area contributed by atoms with Crippen molar-refractivity contribution in [3.05, 3.63) is 69.6 Å². The molecule has 0 aliphatic carbocycles. The molecule has 11 nitrogen and oxygen atoms in total. The third-order valence-electron chi connectivity index (χ3n) is 5.34. The van der Waals surface area contributed by atoms with E-state index in [4.69, 9.17) is 27.9 Å². The average molecular weight is 565 g/mol. The van der Waals surface area contributed by atoms with Gasteiger partial charge in [0.15, 0.2) is 5.82 Å². The van der Waals surface area contributed by atoms with Gasteiger partial charge >= 0.3 is 5.97 Å². The maximum atomic E-state index is 13.2. The number of amides is 1. The van der Waals surface area contributed by atoms with Crippen molar-refractivity contribution in [2.24, 2.45) is 4.99 Å². The molecule has 2 aromatic heterocycles. The summed E-state index contributed by atoms with van der Waals surface area (Å²) in [5, 5.41) is 17.0. The van der Waals surface area contributed by atoms with Crippen molar-refractivity contribution in [2.45, 2.75) is 20.0 Å². The molecule has 4 rings (SSSR count). The van der Waals surface area contributed by atoms with Crippen LogP contribution in [0.3, 0.4) is 0 Å². The number of aliphatic imine (C=N–C) groups is 1. The van der Waals surface area contributed by atoms with Gasteiger partial charge in [0.25, 0.3) is 5.91 Å². The minimum atomic E-state index is -1.35. The highest BCUT2D eigenvalue weighted by atomic mass is 35.5. The lowest BCUT2D eigenvalue weighted by Crippen LogP contribution is -2.25. The number of halogens is 2. The summed E-state index contributed by atoms with van der Waals surface area (Å²) in [5.41, 5.74) is 3.15. The van der Waals surface area contributed by atoms with Crippen LogP contribution < -0.4 is 5.32 Å². The van der Waals surface area contributed by atoms with Gasteiger partial charge in [0.1, 0.15) is 17.4 Å². The normalized spacial score (nSPS) is 11.8. The molecule has 198 valence electrons. The molecule has 0 saturated carbocycles. The minimum absolute atomic E-state index is 0.217. The molecule has 0 saturated heterocycles. The standard InChI is InChI=1S/C26H22Cl2N8O3/c1-14-22-23(25(31-12-30-22)32-13-35(3)4)36(34-14)21-6-5-19(10-20(21)28)33-26(38)24(39-15(2)37)17-7-16(11-29)8-18(27)9-17/h5-10,12-13,24H,1-4H3,(H,33,38). The summed E-state index contributed by atoms with van der Waals surface area (Å²) in [6.07, 6.45) is 1.69. The molecule has 1 unspecified atom stereocenters. The van der Waals surface area contributed by atoms with E-state index in [0.717, 1.165) is 0 Å². The second-order valence-corrected chi connectivity index (χ2v) is 9.47. The van der Waals surface area contributed by atoms with Crippen LogP contribution in [0.15, 0.2) is 47.7 Å². The third-order valence-corrected chi connectivity index (χ3v) is 5.86. The van der Waals surface area contributed by atoms with Crippen molar-refractivity contribution in [3.63, 3.8) is 0 Å². The molecule has 4 aromatic rings. The van der Waals surface area contributed by atoms with E-state index in [1.165, 1.54) is 37.5 Å². The van der Waals surface area contributed by atoms with Gasteiger partial charge in [-0.05, 0) is 43.3 Å². The first-order valence-corrected chi connectivity index (χ1v) is 12.2. The molecule has 0 spiro atoms. The van der Waals surface area contributed by atoms with Crippen LogP contribution in [-0.4, -0.2) is 57.0 Å². The lowest BCUT2D eigenvalue weighted by molar-refractivity contribution is -0.152. The lowest BCUT2D eigenvalue weighted by Gasteiger charge is -2.18. The third kappa shape index (κ3) is 6.14. The molecular weight excluding hydrogens is 543 g/mol. The van der Waals surface area contributed by atoms with E-state index < -0.39 is 18.0 Å². The Kier molecular flexibility index (Phi) is 8.09. The smallest absolute Gasteiger partial charge is 0.303 e. The highest BCUT2D eigenvalue weighted by Crippen LogP contribution is 2.32. The summed E-state index contributed by atoms with van der Waals surface area (Å²) >= 11 is 12.7. The molecule has 0 fully saturated rings. The first kappa shape index (κ1) is 27.5. The Morgan fingerprint density at radius 2 is 1.97 bits per heavy atom. The van der Waals surface area contributed by atoms with Gasteiger partial charge in [-0.3, -0.25) is 9.59 Å². The second kappa shape index (κ2) is 11.5. The SMILES string of the molecule is CC(=O)OC(C(=O)Nc1ccc(-n2nc(C)c3ncnc(N=CN(C)C)c32)c(Cl)c1)c1cc(Cl)cc(C#N)c1. The number of carbonyl (C=O) groups excluding carboxylic acids is 2. The quantitative estimate of drug-likeness (QED) is 0.192. The van der Waals surface area contributed by atoms with Gasteiger partial charge in [0.05, 0.1) is 34.4 Å². The number of nitrogens with one attached hydrogen (secondary N) is 1. The Morgan fingerprint density at radius 1 is 1.21 bits per heavy atom. The predicted octanol–water partition coefficient (Wildman–Crippen LogP) is 4.77. The Labute approximate surface area is 233 Å². The van der Waals surface area contributed by atoms with Gasteiger partial charge in [-0.1, -0.05) is 23.2 Å². The van der Waals surface area contributed by atoms with Gasteiger partial charge in [-0.25, -0.2) is 19.6 Å². The molecule has 2 heterocycles. The molecule has 13 heteroatoms. The largest absolute Gasteiger partial charge is 0.447 e. The highest BCUT2D eigenvalue weighted by molar-refractivity contribution is 6.33. The number of ether oxygens (including phenoxy) is 1. The number of carbonyl (C=O) groups is 2. The summed E-state index contributed by atoms with van der Waals surface area (Å²) in [5.74, 6) is -0.933. The fourth-order valence-corrected chi connectivity index (χ4v) is 4.25. The van der Waals surface area contributed by atoms with E-state index in [9.17, 15) is 14.9 Å². The number of rotatable bonds is 7. The summed E-state index contributed by atoms with van der Waals surface area (Å²) < 4.78 is 6.85. The van der Waals surface area contributed by atoms with Crippen LogP contribution in [0.25, 0.3) is 16.7 Å².